The molecule has 0 fully saturated rings. The number of nitrogens with one attached hydrogen (secondary N) is 2. The van der Waals surface area contributed by atoms with Crippen molar-refractivity contribution in [3.8, 4) is 5.75 Å². The van der Waals surface area contributed by atoms with Crippen molar-refractivity contribution in [2.75, 3.05) is 6.61 Å². The fourth-order valence-corrected chi connectivity index (χ4v) is 1.68. The number of nitrogens with two attached hydrogens (primary N) is 1. The van der Waals surface area contributed by atoms with Gasteiger partial charge in [-0.05, 0) is 13.0 Å². The number of benzene rings is 1. The molecule has 6 heteroatoms. The lowest BCUT2D eigenvalue weighted by atomic mass is 10.1. The van der Waals surface area contributed by atoms with Gasteiger partial charge >= 0.3 is 0 Å². The molecular formula is C11H15N5O. The fourth-order valence-electron chi connectivity index (χ4n) is 1.68. The summed E-state index contributed by atoms with van der Waals surface area (Å²) in [7, 11) is 0. The van der Waals surface area contributed by atoms with E-state index >= 15 is 0 Å². The minimum atomic E-state index is -0.264. The normalized spacial score (nSPS) is 12.4. The van der Waals surface area contributed by atoms with Gasteiger partial charge < -0.3 is 4.74 Å². The molecule has 0 radical (unpaired) electrons. The Bertz CT molecular complexity index is 457. The molecule has 4 N–H and O–H groups in total. The lowest BCUT2D eigenvalue weighted by Gasteiger charge is -2.17. The summed E-state index contributed by atoms with van der Waals surface area (Å²) in [4.78, 5) is 4.10. The predicted octanol–water partition coefficient (Wildman–Crippen LogP) is 0.756. The third-order valence-corrected chi connectivity index (χ3v) is 2.40. The zero-order valence-corrected chi connectivity index (χ0v) is 9.55. The number of para-hydroxylation sites is 1. The van der Waals surface area contributed by atoms with Crippen LogP contribution in [-0.4, -0.2) is 21.8 Å². The number of aromatic amines is 1. The second-order valence-electron chi connectivity index (χ2n) is 3.44. The third kappa shape index (κ3) is 2.43. The van der Waals surface area contributed by atoms with Gasteiger partial charge in [0.15, 0.2) is 0 Å². The van der Waals surface area contributed by atoms with Gasteiger partial charge in [-0.3, -0.25) is 10.9 Å². The van der Waals surface area contributed by atoms with Gasteiger partial charge in [0.25, 0.3) is 0 Å². The molecule has 1 aromatic heterocycles. The molecule has 17 heavy (non-hydrogen) atoms. The van der Waals surface area contributed by atoms with E-state index in [2.05, 4.69) is 20.6 Å². The average molecular weight is 233 g/mol. The van der Waals surface area contributed by atoms with Crippen LogP contribution in [0, 0.1) is 0 Å². The smallest absolute Gasteiger partial charge is 0.147 e. The van der Waals surface area contributed by atoms with Crippen LogP contribution in [0.3, 0.4) is 0 Å². The molecule has 1 heterocycles. The summed E-state index contributed by atoms with van der Waals surface area (Å²) < 4.78 is 5.56. The van der Waals surface area contributed by atoms with E-state index in [1.54, 1.807) is 0 Å². The molecule has 0 amide bonds. The first kappa shape index (κ1) is 11.6. The minimum Gasteiger partial charge on any atom is -0.494 e. The molecule has 0 saturated heterocycles. The number of nitrogens with zero attached hydrogens (tertiary/aromatic N) is 2. The standard InChI is InChI=1S/C11H15N5O/c1-2-17-9-6-4-3-5-8(9)10(15-12)11-13-7-14-16-11/h3-7,10,15H,2,12H2,1H3,(H,13,14,16). The molecule has 6 nitrogen and oxygen atoms in total. The van der Waals surface area contributed by atoms with Crippen LogP contribution < -0.4 is 16.0 Å². The zero-order valence-electron chi connectivity index (χ0n) is 9.55. The van der Waals surface area contributed by atoms with Gasteiger partial charge in [0, 0.05) is 5.56 Å². The van der Waals surface area contributed by atoms with Crippen LogP contribution in [0.15, 0.2) is 30.6 Å². The van der Waals surface area contributed by atoms with Gasteiger partial charge in [0.2, 0.25) is 0 Å². The van der Waals surface area contributed by atoms with Crippen molar-refractivity contribution in [3.63, 3.8) is 0 Å². The quantitative estimate of drug-likeness (QED) is 0.524. The summed E-state index contributed by atoms with van der Waals surface area (Å²) in [6, 6.07) is 7.43. The number of aromatic nitrogens is 3. The Hall–Kier alpha value is -1.92. The SMILES string of the molecule is CCOc1ccccc1C(NN)c1ncn[nH]1. The number of rotatable bonds is 5. The summed E-state index contributed by atoms with van der Waals surface area (Å²) in [5.74, 6) is 7.01. The van der Waals surface area contributed by atoms with E-state index in [9.17, 15) is 0 Å². The van der Waals surface area contributed by atoms with Crippen LogP contribution >= 0.6 is 0 Å². The molecule has 0 spiro atoms. The molecular weight excluding hydrogens is 218 g/mol. The highest BCUT2D eigenvalue weighted by Crippen LogP contribution is 2.27. The number of hydrogen-bond donors (Lipinski definition) is 3. The van der Waals surface area contributed by atoms with Crippen LogP contribution in [-0.2, 0) is 0 Å². The number of hydrazine groups is 1. The molecule has 1 atom stereocenters. The molecule has 2 aromatic rings. The highest BCUT2D eigenvalue weighted by atomic mass is 16.5. The van der Waals surface area contributed by atoms with Crippen molar-refractivity contribution in [1.29, 1.82) is 0 Å². The van der Waals surface area contributed by atoms with Crippen molar-refractivity contribution in [2.24, 2.45) is 5.84 Å². The van der Waals surface area contributed by atoms with Crippen molar-refractivity contribution in [3.05, 3.63) is 42.0 Å². The first-order valence-corrected chi connectivity index (χ1v) is 5.40. The summed E-state index contributed by atoms with van der Waals surface area (Å²) in [5, 5.41) is 6.62. The van der Waals surface area contributed by atoms with Crippen LogP contribution in [0.1, 0.15) is 24.4 Å². The van der Waals surface area contributed by atoms with Gasteiger partial charge in [0.05, 0.1) is 6.61 Å². The summed E-state index contributed by atoms with van der Waals surface area (Å²) >= 11 is 0. The van der Waals surface area contributed by atoms with Crippen molar-refractivity contribution < 1.29 is 4.74 Å². The van der Waals surface area contributed by atoms with Crippen LogP contribution in [0.25, 0.3) is 0 Å². The number of hydrogen-bond acceptors (Lipinski definition) is 5. The minimum absolute atomic E-state index is 0.264. The van der Waals surface area contributed by atoms with Crippen LogP contribution in [0.5, 0.6) is 5.75 Å². The number of H-pyrrole nitrogens is 1. The van der Waals surface area contributed by atoms with E-state index in [0.29, 0.717) is 12.4 Å². The van der Waals surface area contributed by atoms with Crippen molar-refractivity contribution in [1.82, 2.24) is 20.6 Å². The largest absolute Gasteiger partial charge is 0.494 e. The fraction of sp³-hybridized carbons (Fsp3) is 0.273. The molecule has 0 aliphatic heterocycles. The maximum absolute atomic E-state index is 5.57. The van der Waals surface area contributed by atoms with Crippen molar-refractivity contribution in [2.45, 2.75) is 13.0 Å². The zero-order chi connectivity index (χ0) is 12.1. The second kappa shape index (κ2) is 5.42. The van der Waals surface area contributed by atoms with Crippen LogP contribution in [0.2, 0.25) is 0 Å². The van der Waals surface area contributed by atoms with E-state index in [-0.39, 0.29) is 6.04 Å². The monoisotopic (exact) mass is 233 g/mol. The summed E-state index contributed by atoms with van der Waals surface area (Å²) in [6.45, 7) is 2.54. The second-order valence-corrected chi connectivity index (χ2v) is 3.44. The first-order valence-electron chi connectivity index (χ1n) is 5.40. The topological polar surface area (TPSA) is 88.8 Å². The Morgan fingerprint density at radius 2 is 2.29 bits per heavy atom. The Balaban J connectivity index is 2.37. The van der Waals surface area contributed by atoms with E-state index < -0.39 is 0 Å². The Morgan fingerprint density at radius 3 is 2.94 bits per heavy atom. The van der Waals surface area contributed by atoms with Gasteiger partial charge in [-0.25, -0.2) is 10.4 Å². The predicted molar refractivity (Wildman–Crippen MR) is 63.2 cm³/mol. The molecule has 1 aromatic carbocycles. The van der Waals surface area contributed by atoms with Gasteiger partial charge in [-0.1, -0.05) is 18.2 Å². The van der Waals surface area contributed by atoms with Crippen molar-refractivity contribution >= 4 is 0 Å². The maximum atomic E-state index is 5.57. The molecule has 90 valence electrons. The average Bonchev–Trinajstić information content (AvgIpc) is 2.86. The molecule has 0 saturated carbocycles. The molecule has 0 aliphatic rings. The molecule has 0 aliphatic carbocycles. The lowest BCUT2D eigenvalue weighted by Crippen LogP contribution is -2.30. The van der Waals surface area contributed by atoms with E-state index in [0.717, 1.165) is 11.3 Å². The Kier molecular flexibility index (Phi) is 3.69. The molecule has 1 unspecified atom stereocenters. The summed E-state index contributed by atoms with van der Waals surface area (Å²) in [5.41, 5.74) is 3.63. The van der Waals surface area contributed by atoms with Gasteiger partial charge in [0.1, 0.15) is 23.9 Å². The molecule has 2 rings (SSSR count). The van der Waals surface area contributed by atoms with E-state index in [1.165, 1.54) is 6.33 Å². The van der Waals surface area contributed by atoms with Crippen LogP contribution in [0.4, 0.5) is 0 Å². The number of ether oxygens (including phenoxy) is 1. The third-order valence-electron chi connectivity index (χ3n) is 2.40. The Morgan fingerprint density at radius 1 is 1.47 bits per heavy atom. The first-order chi connectivity index (χ1) is 8.36. The Labute approximate surface area is 99.2 Å². The lowest BCUT2D eigenvalue weighted by molar-refractivity contribution is 0.333. The highest BCUT2D eigenvalue weighted by Gasteiger charge is 2.18. The summed E-state index contributed by atoms with van der Waals surface area (Å²) in [6.07, 6.45) is 1.45. The van der Waals surface area contributed by atoms with Gasteiger partial charge in [-0.15, -0.1) is 0 Å². The highest BCUT2D eigenvalue weighted by molar-refractivity contribution is 5.38. The molecule has 0 bridgehead atoms. The van der Waals surface area contributed by atoms with Gasteiger partial charge in [-0.2, -0.15) is 5.10 Å². The van der Waals surface area contributed by atoms with E-state index in [4.69, 9.17) is 10.6 Å². The maximum Gasteiger partial charge on any atom is 0.147 e. The van der Waals surface area contributed by atoms with E-state index in [1.807, 2.05) is 31.2 Å².